The van der Waals surface area contributed by atoms with Crippen LogP contribution in [-0.2, 0) is 6.42 Å². The van der Waals surface area contributed by atoms with Gasteiger partial charge >= 0.3 is 0 Å². The highest BCUT2D eigenvalue weighted by atomic mass is 16.3. The van der Waals surface area contributed by atoms with Crippen LogP contribution in [0, 0.1) is 13.8 Å². The van der Waals surface area contributed by atoms with Crippen molar-refractivity contribution in [1.29, 1.82) is 0 Å². The Morgan fingerprint density at radius 2 is 1.81 bits per heavy atom. The van der Waals surface area contributed by atoms with Crippen molar-refractivity contribution in [2.45, 2.75) is 26.3 Å². The van der Waals surface area contributed by atoms with Crippen LogP contribution in [0.2, 0.25) is 0 Å². The first-order valence-corrected chi connectivity index (χ1v) is 5.52. The first-order chi connectivity index (χ1) is 7.68. The second-order valence-corrected chi connectivity index (χ2v) is 4.20. The molecule has 2 heteroatoms. The molecule has 2 N–H and O–H groups in total. The van der Waals surface area contributed by atoms with Gasteiger partial charge in [-0.3, -0.25) is 0 Å². The molecule has 0 spiro atoms. The molecule has 0 bridgehead atoms. The van der Waals surface area contributed by atoms with Crippen molar-refractivity contribution in [1.82, 2.24) is 0 Å². The van der Waals surface area contributed by atoms with Gasteiger partial charge in [0.15, 0.2) is 0 Å². The van der Waals surface area contributed by atoms with Crippen molar-refractivity contribution in [3.05, 3.63) is 59.0 Å². The van der Waals surface area contributed by atoms with Crippen LogP contribution in [0.3, 0.4) is 0 Å². The first kappa shape index (κ1) is 11.0. The Bertz CT molecular complexity index is 439. The van der Waals surface area contributed by atoms with Crippen molar-refractivity contribution in [2.75, 3.05) is 0 Å². The molecule has 84 valence electrons. The van der Waals surface area contributed by atoms with Crippen LogP contribution >= 0.6 is 0 Å². The Balaban J connectivity index is 2.24. The van der Waals surface area contributed by atoms with E-state index in [4.69, 9.17) is 10.2 Å². The standard InChI is InChI=1S/C14H17NO/c1-10-5-3-6-11(2)14(10)13(15)9-12-7-4-8-16-12/h3-8,13H,9,15H2,1-2H3. The summed E-state index contributed by atoms with van der Waals surface area (Å²) in [7, 11) is 0. The minimum absolute atomic E-state index is 0.00681. The van der Waals surface area contributed by atoms with E-state index in [1.54, 1.807) is 6.26 Å². The SMILES string of the molecule is Cc1cccc(C)c1C(N)Cc1ccco1. The third-order valence-corrected chi connectivity index (χ3v) is 2.91. The fourth-order valence-electron chi connectivity index (χ4n) is 2.16. The van der Waals surface area contributed by atoms with Gasteiger partial charge in [-0.25, -0.2) is 0 Å². The molecular formula is C14H17NO. The lowest BCUT2D eigenvalue weighted by Gasteiger charge is -2.16. The van der Waals surface area contributed by atoms with Crippen molar-refractivity contribution < 1.29 is 4.42 Å². The van der Waals surface area contributed by atoms with E-state index in [0.29, 0.717) is 0 Å². The van der Waals surface area contributed by atoms with E-state index >= 15 is 0 Å². The molecule has 16 heavy (non-hydrogen) atoms. The highest BCUT2D eigenvalue weighted by molar-refractivity contribution is 5.36. The average Bonchev–Trinajstić information content (AvgIpc) is 2.70. The number of aryl methyl sites for hydroxylation is 2. The fraction of sp³-hybridized carbons (Fsp3) is 0.286. The molecule has 0 radical (unpaired) electrons. The summed E-state index contributed by atoms with van der Waals surface area (Å²) < 4.78 is 5.33. The summed E-state index contributed by atoms with van der Waals surface area (Å²) in [5.74, 6) is 0.940. The number of benzene rings is 1. The summed E-state index contributed by atoms with van der Waals surface area (Å²) in [4.78, 5) is 0. The highest BCUT2D eigenvalue weighted by Gasteiger charge is 2.13. The number of hydrogen-bond acceptors (Lipinski definition) is 2. The molecule has 2 nitrogen and oxygen atoms in total. The Hall–Kier alpha value is -1.54. The van der Waals surface area contributed by atoms with Gasteiger partial charge in [0.1, 0.15) is 5.76 Å². The second kappa shape index (κ2) is 4.54. The van der Waals surface area contributed by atoms with Crippen molar-refractivity contribution >= 4 is 0 Å². The van der Waals surface area contributed by atoms with E-state index < -0.39 is 0 Å². The maximum atomic E-state index is 6.23. The summed E-state index contributed by atoms with van der Waals surface area (Å²) in [6.07, 6.45) is 2.44. The van der Waals surface area contributed by atoms with Gasteiger partial charge in [0.2, 0.25) is 0 Å². The van der Waals surface area contributed by atoms with Gasteiger partial charge in [-0.2, -0.15) is 0 Å². The quantitative estimate of drug-likeness (QED) is 0.854. The van der Waals surface area contributed by atoms with Gasteiger partial charge in [-0.15, -0.1) is 0 Å². The van der Waals surface area contributed by atoms with Gasteiger partial charge in [-0.1, -0.05) is 18.2 Å². The predicted octanol–water partition coefficient (Wildman–Crippen LogP) is 3.14. The predicted molar refractivity (Wildman–Crippen MR) is 65.3 cm³/mol. The molecule has 1 unspecified atom stereocenters. The van der Waals surface area contributed by atoms with Gasteiger partial charge in [0, 0.05) is 12.5 Å². The topological polar surface area (TPSA) is 39.2 Å². The second-order valence-electron chi connectivity index (χ2n) is 4.20. The summed E-state index contributed by atoms with van der Waals surface area (Å²) in [6.45, 7) is 4.20. The van der Waals surface area contributed by atoms with Crippen LogP contribution in [-0.4, -0.2) is 0 Å². The van der Waals surface area contributed by atoms with E-state index in [0.717, 1.165) is 12.2 Å². The Morgan fingerprint density at radius 1 is 1.12 bits per heavy atom. The lowest BCUT2D eigenvalue weighted by Crippen LogP contribution is -2.15. The minimum Gasteiger partial charge on any atom is -0.469 e. The van der Waals surface area contributed by atoms with Crippen molar-refractivity contribution in [3.8, 4) is 0 Å². The molecule has 1 aromatic carbocycles. The number of nitrogens with two attached hydrogens (primary N) is 1. The zero-order valence-corrected chi connectivity index (χ0v) is 9.73. The monoisotopic (exact) mass is 215 g/mol. The van der Waals surface area contributed by atoms with Crippen molar-refractivity contribution in [2.24, 2.45) is 5.73 Å². The van der Waals surface area contributed by atoms with E-state index in [-0.39, 0.29) is 6.04 Å². The van der Waals surface area contributed by atoms with Gasteiger partial charge in [-0.05, 0) is 42.7 Å². The Morgan fingerprint density at radius 3 is 2.38 bits per heavy atom. The molecule has 0 amide bonds. The van der Waals surface area contributed by atoms with E-state index in [9.17, 15) is 0 Å². The van der Waals surface area contributed by atoms with Crippen LogP contribution in [0.4, 0.5) is 0 Å². The lowest BCUT2D eigenvalue weighted by molar-refractivity contribution is 0.487. The molecule has 2 rings (SSSR count). The number of rotatable bonds is 3. The molecule has 1 heterocycles. The molecule has 0 aliphatic rings. The van der Waals surface area contributed by atoms with E-state index in [1.165, 1.54) is 16.7 Å². The smallest absolute Gasteiger partial charge is 0.105 e. The van der Waals surface area contributed by atoms with E-state index in [1.807, 2.05) is 12.1 Å². The number of hydrogen-bond donors (Lipinski definition) is 1. The van der Waals surface area contributed by atoms with Crippen LogP contribution in [0.1, 0.15) is 28.5 Å². The third-order valence-electron chi connectivity index (χ3n) is 2.91. The molecule has 0 saturated carbocycles. The number of furan rings is 1. The molecule has 1 atom stereocenters. The average molecular weight is 215 g/mol. The highest BCUT2D eigenvalue weighted by Crippen LogP contribution is 2.23. The first-order valence-electron chi connectivity index (χ1n) is 5.52. The molecule has 1 aromatic heterocycles. The molecule has 0 aliphatic carbocycles. The molecule has 0 saturated heterocycles. The Labute approximate surface area is 96.1 Å². The van der Waals surface area contributed by atoms with Gasteiger partial charge in [0.25, 0.3) is 0 Å². The van der Waals surface area contributed by atoms with Gasteiger partial charge < -0.3 is 10.2 Å². The van der Waals surface area contributed by atoms with Crippen molar-refractivity contribution in [3.63, 3.8) is 0 Å². The van der Waals surface area contributed by atoms with E-state index in [2.05, 4.69) is 32.0 Å². The molecule has 0 fully saturated rings. The largest absolute Gasteiger partial charge is 0.469 e. The fourth-order valence-corrected chi connectivity index (χ4v) is 2.16. The Kier molecular flexibility index (Phi) is 3.11. The van der Waals surface area contributed by atoms with Crippen LogP contribution in [0.15, 0.2) is 41.0 Å². The maximum absolute atomic E-state index is 6.23. The minimum atomic E-state index is 0.00681. The van der Waals surface area contributed by atoms with Crippen LogP contribution in [0.25, 0.3) is 0 Å². The zero-order chi connectivity index (χ0) is 11.5. The summed E-state index contributed by atoms with van der Waals surface area (Å²) >= 11 is 0. The van der Waals surface area contributed by atoms with Crippen LogP contribution < -0.4 is 5.73 Å². The summed E-state index contributed by atoms with van der Waals surface area (Å²) in [5, 5.41) is 0. The molecule has 2 aromatic rings. The maximum Gasteiger partial charge on any atom is 0.105 e. The lowest BCUT2D eigenvalue weighted by atomic mass is 9.94. The summed E-state index contributed by atoms with van der Waals surface area (Å²) in [6, 6.07) is 10.1. The zero-order valence-electron chi connectivity index (χ0n) is 9.73. The molecular weight excluding hydrogens is 198 g/mol. The van der Waals surface area contributed by atoms with Crippen LogP contribution in [0.5, 0.6) is 0 Å². The van der Waals surface area contributed by atoms with Gasteiger partial charge in [0.05, 0.1) is 6.26 Å². The summed E-state index contributed by atoms with van der Waals surface area (Å²) in [5.41, 5.74) is 9.96. The third kappa shape index (κ3) is 2.17. The molecule has 0 aliphatic heterocycles. The normalized spacial score (nSPS) is 12.7.